The number of fused-ring (bicyclic) bond motifs is 1. The normalized spacial score (nSPS) is 20.1. The standard InChI is InChI=1S/C19H21N3O2.C18H21N4.C17H26N2OSi.C14H19N4O.Co.2Pd.Pt/c1-19(10-6-3-7-11-19)14-12-20-16(21-14)15-18(23)24-17(22-15)13-8-4-2-5-9-13;1-13(18(2)10-5-6-11-18)16-9-12-19-22(16)17-20-14-7-3-4-8-15(14)21-17;1-13-11-15(16(20)21(13,3)4)19-14(7-10-18-19)12-17(2)8-5-6-9-17;1-10-15-11(9-19-10)13-16-12(17-18-13)8-14(2)6-4-3-5-7-14;;;;/h2,4-5,8-9,12,16,23H,3,6-7,10-11H2,1H3;3-4,7-9,12-13H,5-6,10-11H2,1-2H3;7,10-11,20H,5-6,8-9,12H2,1-4H3;9H,3-8H2,1-2H3;;;;/q;-1;;-1;;;;. The van der Waals surface area contributed by atoms with Gasteiger partial charge in [-0.1, -0.05) is 160 Å². The van der Waals surface area contributed by atoms with Crippen LogP contribution in [-0.2, 0) is 91.5 Å². The van der Waals surface area contributed by atoms with Crippen LogP contribution in [0.25, 0.3) is 45.7 Å². The van der Waals surface area contributed by atoms with E-state index in [4.69, 9.17) is 13.8 Å². The molecule has 2 unspecified atom stereocenters. The number of nitrogens with zero attached hydrogens (tertiary/aromatic N) is 13. The topological polar surface area (TPSA) is 220 Å². The summed E-state index contributed by atoms with van der Waals surface area (Å²) in [6.07, 6.45) is 33.9. The van der Waals surface area contributed by atoms with E-state index in [-0.39, 0.29) is 90.1 Å². The van der Waals surface area contributed by atoms with E-state index in [1.807, 2.05) is 89.5 Å². The molecule has 6 aromatic heterocycles. The van der Waals surface area contributed by atoms with Gasteiger partial charge in [-0.05, 0) is 135 Å². The molecule has 8 heterocycles. The second-order valence-corrected chi connectivity index (χ2v) is 31.6. The second-order valence-electron chi connectivity index (χ2n) is 27.1. The second kappa shape index (κ2) is 30.9. The molecule has 0 bridgehead atoms. The average Bonchev–Trinajstić information content (AvgIpc) is 1.86. The molecule has 2 aliphatic heterocycles. The van der Waals surface area contributed by atoms with Crippen LogP contribution in [0.2, 0.25) is 13.1 Å². The number of aliphatic hydroxyl groups is 1. The maximum absolute atomic E-state index is 10.6. The summed E-state index contributed by atoms with van der Waals surface area (Å²) in [6.45, 7) is 20.1. The van der Waals surface area contributed by atoms with Crippen molar-refractivity contribution in [3.05, 3.63) is 131 Å². The van der Waals surface area contributed by atoms with Gasteiger partial charge in [0.25, 0.3) is 0 Å². The quantitative estimate of drug-likeness (QED) is 0.109. The summed E-state index contributed by atoms with van der Waals surface area (Å²) in [5.41, 5.74) is 9.33. The summed E-state index contributed by atoms with van der Waals surface area (Å²) in [6, 6.07) is 21.7. The third kappa shape index (κ3) is 16.3. The molecule has 2 aromatic carbocycles. The fourth-order valence-corrected chi connectivity index (χ4v) is 15.6. The van der Waals surface area contributed by atoms with Gasteiger partial charge in [0.05, 0.1) is 11.4 Å². The molecule has 0 amide bonds. The zero-order chi connectivity index (χ0) is 60.3. The Bertz CT molecular complexity index is 3710. The van der Waals surface area contributed by atoms with E-state index in [1.165, 1.54) is 119 Å². The summed E-state index contributed by atoms with van der Waals surface area (Å²) < 4.78 is 14.5. The Hall–Kier alpha value is -4.95. The van der Waals surface area contributed by atoms with Crippen LogP contribution >= 0.6 is 0 Å². The van der Waals surface area contributed by atoms with E-state index in [9.17, 15) is 10.2 Å². The molecule has 17 nitrogen and oxygen atoms in total. The van der Waals surface area contributed by atoms with Gasteiger partial charge in [0.1, 0.15) is 17.3 Å². The fourth-order valence-electron chi connectivity index (χ4n) is 13.9. The number of aryl methyl sites for hydroxylation is 1. The number of rotatable bonds is 12. The van der Waals surface area contributed by atoms with Gasteiger partial charge in [-0.2, -0.15) is 5.10 Å². The van der Waals surface area contributed by atoms with Gasteiger partial charge in [-0.3, -0.25) is 15.1 Å². The Balaban J connectivity index is 0.000000169. The van der Waals surface area contributed by atoms with Crippen molar-refractivity contribution in [1.82, 2.24) is 54.7 Å². The number of allylic oxidation sites excluding steroid dienone is 3. The molecule has 2 N–H and O–H groups in total. The van der Waals surface area contributed by atoms with Crippen LogP contribution < -0.4 is 10.1 Å². The van der Waals surface area contributed by atoms with Gasteiger partial charge in [-0.15, -0.1) is 0 Å². The minimum Gasteiger partial charge on any atom is -0.515 e. The Labute approximate surface area is 583 Å². The maximum atomic E-state index is 10.6. The minimum atomic E-state index is -1.82. The number of hydrogen-bond acceptors (Lipinski definition) is 13. The molecule has 6 aliphatic rings. The van der Waals surface area contributed by atoms with Crippen molar-refractivity contribution >= 4 is 36.7 Å². The number of benzene rings is 2. The van der Waals surface area contributed by atoms with E-state index in [0.29, 0.717) is 62.5 Å². The molecular weight excluding hydrogens is 1560 g/mol. The third-order valence-corrected chi connectivity index (χ3v) is 23.6. The zero-order valence-corrected chi connectivity index (χ0v) is 60.8. The first-order chi connectivity index (χ1) is 41.3. The van der Waals surface area contributed by atoms with Crippen LogP contribution in [0.4, 0.5) is 0 Å². The molecule has 2 atom stereocenters. The van der Waals surface area contributed by atoms with Gasteiger partial charge in [0.15, 0.2) is 25.8 Å². The van der Waals surface area contributed by atoms with E-state index in [1.54, 1.807) is 6.26 Å². The number of aromatic hydroxyl groups is 1. The summed E-state index contributed by atoms with van der Waals surface area (Å²) in [5, 5.41) is 40.0. The van der Waals surface area contributed by atoms with Crippen molar-refractivity contribution in [2.24, 2.45) is 31.6 Å². The van der Waals surface area contributed by atoms with Crippen molar-refractivity contribution in [3.63, 3.8) is 0 Å². The third-order valence-electron chi connectivity index (χ3n) is 20.0. The van der Waals surface area contributed by atoms with Crippen LogP contribution in [0.3, 0.4) is 0 Å². The van der Waals surface area contributed by atoms with Crippen LogP contribution in [0, 0.1) is 28.6 Å². The number of oxazole rings is 2. The van der Waals surface area contributed by atoms with E-state index in [0.717, 1.165) is 59.5 Å². The number of imidazole rings is 1. The summed E-state index contributed by atoms with van der Waals surface area (Å²) in [5.74, 6) is 3.38. The smallest absolute Gasteiger partial charge is 0.310 e. The predicted octanol–water partition coefficient (Wildman–Crippen LogP) is 16.0. The largest absolute Gasteiger partial charge is 0.515 e. The van der Waals surface area contributed by atoms with Gasteiger partial charge >= 0.3 is 5.95 Å². The minimum absolute atomic E-state index is 0. The number of para-hydroxylation sites is 2. The molecule has 90 heavy (non-hydrogen) atoms. The maximum Gasteiger partial charge on any atom is 0.310 e. The number of hydrogen-bond donors (Lipinski definition) is 2. The molecule has 14 rings (SSSR count). The monoisotopic (exact) mass is 1640 g/mol. The molecule has 4 saturated carbocycles. The van der Waals surface area contributed by atoms with Crippen molar-refractivity contribution in [1.29, 1.82) is 0 Å². The van der Waals surface area contributed by atoms with E-state index >= 15 is 0 Å². The zero-order valence-electron chi connectivity index (χ0n) is 53.3. The molecule has 1 radical (unpaired) electrons. The first-order valence-electron chi connectivity index (χ1n) is 31.6. The molecule has 4 fully saturated rings. The molecular formula is C68H87CoN13O4Pd2PtSi-2. The Morgan fingerprint density at radius 3 is 1.97 bits per heavy atom. The summed E-state index contributed by atoms with van der Waals surface area (Å²) in [7, 11) is -1.82. The van der Waals surface area contributed by atoms with Gasteiger partial charge in [-0.25, -0.2) is 19.7 Å². The number of aromatic nitrogens is 11. The van der Waals surface area contributed by atoms with Crippen LogP contribution in [0.1, 0.15) is 198 Å². The molecule has 0 spiro atoms. The molecule has 4 aliphatic carbocycles. The fraction of sp³-hybridized carbons (Fsp3) is 0.515. The molecule has 493 valence electrons. The Kier molecular flexibility index (Phi) is 24.9. The van der Waals surface area contributed by atoms with Crippen LogP contribution in [0.5, 0.6) is 5.95 Å². The average molecular weight is 1650 g/mol. The van der Waals surface area contributed by atoms with Crippen LogP contribution in [0.15, 0.2) is 121 Å². The van der Waals surface area contributed by atoms with Crippen molar-refractivity contribution < 1.29 is 97.7 Å². The summed E-state index contributed by atoms with van der Waals surface area (Å²) in [4.78, 5) is 31.6. The first kappa shape index (κ1) is 72.5. The van der Waals surface area contributed by atoms with Crippen LogP contribution in [-0.4, -0.2) is 74.8 Å². The van der Waals surface area contributed by atoms with Crippen molar-refractivity contribution in [2.75, 3.05) is 0 Å². The SMILES string of the molecule is CC(c1ccnn1-c1nc2ccccc2[n-]1)C1(C)CCCC1.CC1(C2=NC(c3nc(-c4ccccc4)oc3O)N=C2)CCCCC1.CC1=CC(n2nccc2CC2(C)CCCC2)=C(O)[Si]1(C)C.Cc1nc(-c2nc(CC3(C)CCCCC3)n[n-]2)co1.[Co].[Pd].[Pd].[Pt]. The number of aliphatic imine (C=N–C) groups is 2. The predicted molar refractivity (Wildman–Crippen MR) is 341 cm³/mol. The van der Waals surface area contributed by atoms with Gasteiger partial charge in [0.2, 0.25) is 5.89 Å². The van der Waals surface area contributed by atoms with Crippen molar-refractivity contribution in [2.45, 2.75) is 202 Å². The summed E-state index contributed by atoms with van der Waals surface area (Å²) >= 11 is 0. The first-order valence-corrected chi connectivity index (χ1v) is 34.6. The Morgan fingerprint density at radius 2 is 1.32 bits per heavy atom. The molecule has 8 aromatic rings. The van der Waals surface area contributed by atoms with Gasteiger partial charge < -0.3 is 43.8 Å². The Morgan fingerprint density at radius 1 is 0.711 bits per heavy atom. The van der Waals surface area contributed by atoms with E-state index in [2.05, 4.69) is 123 Å². The van der Waals surface area contributed by atoms with E-state index < -0.39 is 14.2 Å². The van der Waals surface area contributed by atoms with Crippen molar-refractivity contribution in [3.8, 4) is 34.9 Å². The molecule has 22 heteroatoms. The molecule has 0 saturated heterocycles. The van der Waals surface area contributed by atoms with Gasteiger partial charge in [0, 0.05) is 144 Å². The number of aliphatic hydroxyl groups excluding tert-OH is 1.